The van der Waals surface area contributed by atoms with Gasteiger partial charge < -0.3 is 20.1 Å². The molecule has 118 valence electrons. The fourth-order valence-electron chi connectivity index (χ4n) is 2.01. The quantitative estimate of drug-likeness (QED) is 0.572. The molecule has 1 aliphatic heterocycles. The second-order valence-corrected chi connectivity index (χ2v) is 4.81. The largest absolute Gasteiger partial charge is 0.482 e. The minimum Gasteiger partial charge on any atom is -0.482 e. The maximum Gasteiger partial charge on any atom is 0.262 e. The third-order valence-corrected chi connectivity index (χ3v) is 3.14. The lowest BCUT2D eigenvalue weighted by Crippen LogP contribution is -2.27. The van der Waals surface area contributed by atoms with Crippen LogP contribution in [-0.4, -0.2) is 44.5 Å². The Balaban J connectivity index is 1.89. The maximum atomic E-state index is 12.1. The van der Waals surface area contributed by atoms with E-state index in [0.29, 0.717) is 30.2 Å². The number of amides is 2. The molecule has 0 spiro atoms. The highest BCUT2D eigenvalue weighted by atomic mass is 16.5. The van der Waals surface area contributed by atoms with Crippen molar-refractivity contribution in [3.05, 3.63) is 23.8 Å². The molecule has 1 aromatic rings. The highest BCUT2D eigenvalue weighted by molar-refractivity contribution is 6.01. The molecule has 1 heterocycles. The number of methoxy groups -OCH3 is 1. The summed E-state index contributed by atoms with van der Waals surface area (Å²) in [6.07, 6.45) is 0.217. The zero-order valence-corrected chi connectivity index (χ0v) is 12.3. The van der Waals surface area contributed by atoms with E-state index in [0.717, 1.165) is 0 Å². The van der Waals surface area contributed by atoms with Gasteiger partial charge >= 0.3 is 0 Å². The number of carbonyl (C=O) groups is 3. The van der Waals surface area contributed by atoms with Gasteiger partial charge in [0.05, 0.1) is 12.3 Å². The second-order valence-electron chi connectivity index (χ2n) is 4.81. The van der Waals surface area contributed by atoms with Gasteiger partial charge in [0.2, 0.25) is 5.91 Å². The first-order valence-corrected chi connectivity index (χ1v) is 6.95. The van der Waals surface area contributed by atoms with Crippen molar-refractivity contribution in [1.82, 2.24) is 5.32 Å². The Morgan fingerprint density at radius 3 is 2.95 bits per heavy atom. The van der Waals surface area contributed by atoms with Gasteiger partial charge in [-0.3, -0.25) is 14.4 Å². The number of ketones is 1. The normalized spacial score (nSPS) is 12.9. The van der Waals surface area contributed by atoms with E-state index >= 15 is 0 Å². The summed E-state index contributed by atoms with van der Waals surface area (Å²) in [7, 11) is 1.55. The zero-order chi connectivity index (χ0) is 15.9. The first-order valence-electron chi connectivity index (χ1n) is 6.95. The third kappa shape index (κ3) is 4.29. The molecule has 0 fully saturated rings. The van der Waals surface area contributed by atoms with Crippen molar-refractivity contribution in [2.75, 3.05) is 32.2 Å². The lowest BCUT2D eigenvalue weighted by molar-refractivity contribution is -0.121. The van der Waals surface area contributed by atoms with Crippen LogP contribution >= 0.6 is 0 Å². The van der Waals surface area contributed by atoms with Crippen LogP contribution in [-0.2, 0) is 14.3 Å². The summed E-state index contributed by atoms with van der Waals surface area (Å²) in [6, 6.07) is 4.83. The van der Waals surface area contributed by atoms with Crippen molar-refractivity contribution >= 4 is 23.3 Å². The molecule has 0 aromatic heterocycles. The summed E-state index contributed by atoms with van der Waals surface area (Å²) in [6.45, 7) is 0.831. The maximum absolute atomic E-state index is 12.1. The molecule has 2 rings (SSSR count). The first kappa shape index (κ1) is 16.0. The van der Waals surface area contributed by atoms with Gasteiger partial charge in [0.25, 0.3) is 5.91 Å². The standard InChI is InChI=1S/C15H18N2O5/c1-21-7-6-16-14(19)5-3-12(18)10-2-4-13-11(8-10)17-15(20)9-22-13/h2,4,8H,3,5-7,9H2,1H3,(H,16,19)(H,17,20). The van der Waals surface area contributed by atoms with E-state index in [1.807, 2.05) is 0 Å². The van der Waals surface area contributed by atoms with Crippen LogP contribution in [0.1, 0.15) is 23.2 Å². The van der Waals surface area contributed by atoms with Crippen LogP contribution in [0.25, 0.3) is 0 Å². The molecule has 1 aromatic carbocycles. The molecule has 22 heavy (non-hydrogen) atoms. The second kappa shape index (κ2) is 7.56. The number of benzene rings is 1. The predicted molar refractivity (Wildman–Crippen MR) is 79.0 cm³/mol. The number of anilines is 1. The molecule has 0 bridgehead atoms. The van der Waals surface area contributed by atoms with Crippen LogP contribution in [0.3, 0.4) is 0 Å². The highest BCUT2D eigenvalue weighted by Crippen LogP contribution is 2.28. The molecule has 2 N–H and O–H groups in total. The average molecular weight is 306 g/mol. The van der Waals surface area contributed by atoms with Gasteiger partial charge in [0.1, 0.15) is 5.75 Å². The summed E-state index contributed by atoms with van der Waals surface area (Å²) < 4.78 is 10.0. The molecule has 0 unspecified atom stereocenters. The number of ether oxygens (including phenoxy) is 2. The fraction of sp³-hybridized carbons (Fsp3) is 0.400. The number of hydrogen-bond acceptors (Lipinski definition) is 5. The van der Waals surface area contributed by atoms with E-state index in [-0.39, 0.29) is 37.0 Å². The fourth-order valence-corrected chi connectivity index (χ4v) is 2.01. The number of rotatable bonds is 7. The molecule has 1 aliphatic rings. The number of hydrogen-bond donors (Lipinski definition) is 2. The van der Waals surface area contributed by atoms with Crippen molar-refractivity contribution in [1.29, 1.82) is 0 Å². The van der Waals surface area contributed by atoms with Crippen LogP contribution in [0.15, 0.2) is 18.2 Å². The average Bonchev–Trinajstić information content (AvgIpc) is 2.52. The molecular formula is C15H18N2O5. The van der Waals surface area contributed by atoms with Gasteiger partial charge in [-0.2, -0.15) is 0 Å². The van der Waals surface area contributed by atoms with Gasteiger partial charge in [-0.1, -0.05) is 0 Å². The molecule has 7 heteroatoms. The Hall–Kier alpha value is -2.41. The summed E-state index contributed by atoms with van der Waals surface area (Å²) in [5.74, 6) is -0.0763. The lowest BCUT2D eigenvalue weighted by atomic mass is 10.0. The van der Waals surface area contributed by atoms with E-state index in [2.05, 4.69) is 10.6 Å². The number of Topliss-reactive ketones (excluding diaryl/α,β-unsaturated/α-hetero) is 1. The van der Waals surface area contributed by atoms with E-state index in [4.69, 9.17) is 9.47 Å². The molecule has 2 amide bonds. The molecule has 0 aliphatic carbocycles. The van der Waals surface area contributed by atoms with Crippen LogP contribution in [0.5, 0.6) is 5.75 Å². The highest BCUT2D eigenvalue weighted by Gasteiger charge is 2.18. The summed E-state index contributed by atoms with van der Waals surface area (Å²) in [5.41, 5.74) is 0.917. The summed E-state index contributed by atoms with van der Waals surface area (Å²) in [4.78, 5) is 34.9. The van der Waals surface area contributed by atoms with E-state index in [1.165, 1.54) is 0 Å². The minimum atomic E-state index is -0.255. The summed E-state index contributed by atoms with van der Waals surface area (Å²) >= 11 is 0. The smallest absolute Gasteiger partial charge is 0.262 e. The lowest BCUT2D eigenvalue weighted by Gasteiger charge is -2.18. The molecule has 0 saturated carbocycles. The molecule has 0 atom stereocenters. The Kier molecular flexibility index (Phi) is 5.48. The summed E-state index contributed by atoms with van der Waals surface area (Å²) in [5, 5.41) is 5.30. The Labute approximate surface area is 128 Å². The molecular weight excluding hydrogens is 288 g/mol. The molecule has 0 saturated heterocycles. The van der Waals surface area contributed by atoms with Crippen molar-refractivity contribution < 1.29 is 23.9 Å². The van der Waals surface area contributed by atoms with E-state index < -0.39 is 0 Å². The van der Waals surface area contributed by atoms with Crippen LogP contribution in [0, 0.1) is 0 Å². The van der Waals surface area contributed by atoms with Crippen molar-refractivity contribution in [3.8, 4) is 5.75 Å². The topological polar surface area (TPSA) is 93.7 Å². The van der Waals surface area contributed by atoms with Crippen molar-refractivity contribution in [3.63, 3.8) is 0 Å². The SMILES string of the molecule is COCCNC(=O)CCC(=O)c1ccc2c(c1)NC(=O)CO2. The van der Waals surface area contributed by atoms with E-state index in [9.17, 15) is 14.4 Å². The Bertz CT molecular complexity index is 585. The van der Waals surface area contributed by atoms with Gasteiger partial charge in [0, 0.05) is 32.1 Å². The number of carbonyl (C=O) groups excluding carboxylic acids is 3. The van der Waals surface area contributed by atoms with Crippen molar-refractivity contribution in [2.45, 2.75) is 12.8 Å². The van der Waals surface area contributed by atoms with Crippen molar-refractivity contribution in [2.24, 2.45) is 0 Å². The van der Waals surface area contributed by atoms with Crippen LogP contribution < -0.4 is 15.4 Å². The van der Waals surface area contributed by atoms with Gasteiger partial charge in [0.15, 0.2) is 12.4 Å². The Morgan fingerprint density at radius 2 is 2.18 bits per heavy atom. The minimum absolute atomic E-state index is 0.0259. The number of fused-ring (bicyclic) bond motifs is 1. The first-order chi connectivity index (χ1) is 10.6. The van der Waals surface area contributed by atoms with Crippen LogP contribution in [0.4, 0.5) is 5.69 Å². The predicted octanol–water partition coefficient (Wildman–Crippen LogP) is 0.743. The van der Waals surface area contributed by atoms with E-state index in [1.54, 1.807) is 25.3 Å². The van der Waals surface area contributed by atoms with Gasteiger partial charge in [-0.15, -0.1) is 0 Å². The number of nitrogens with one attached hydrogen (secondary N) is 2. The third-order valence-electron chi connectivity index (χ3n) is 3.14. The van der Waals surface area contributed by atoms with Crippen LogP contribution in [0.2, 0.25) is 0 Å². The molecule has 7 nitrogen and oxygen atoms in total. The monoisotopic (exact) mass is 306 g/mol. The van der Waals surface area contributed by atoms with Gasteiger partial charge in [-0.25, -0.2) is 0 Å². The zero-order valence-electron chi connectivity index (χ0n) is 12.3. The molecule has 0 radical (unpaired) electrons. The Morgan fingerprint density at radius 1 is 1.36 bits per heavy atom. The van der Waals surface area contributed by atoms with Gasteiger partial charge in [-0.05, 0) is 18.2 Å².